The molecule has 2 rings (SSSR count). The summed E-state index contributed by atoms with van der Waals surface area (Å²) >= 11 is 3.24. The van der Waals surface area contributed by atoms with Crippen molar-refractivity contribution in [3.8, 4) is 11.3 Å². The summed E-state index contributed by atoms with van der Waals surface area (Å²) in [6.07, 6.45) is 1.44. The molecule has 5 heteroatoms. The maximum Gasteiger partial charge on any atom is 0.142 e. The molecule has 0 saturated heterocycles. The smallest absolute Gasteiger partial charge is 0.142 e. The maximum absolute atomic E-state index is 13.0. The molecule has 0 spiro atoms. The molecule has 0 aliphatic carbocycles. The minimum absolute atomic E-state index is 0.303. The molecule has 0 atom stereocenters. The lowest BCUT2D eigenvalue weighted by Gasteiger charge is -2.03. The van der Waals surface area contributed by atoms with Gasteiger partial charge in [-0.2, -0.15) is 0 Å². The highest BCUT2D eigenvalue weighted by Crippen LogP contribution is 2.25. The van der Waals surface area contributed by atoms with Gasteiger partial charge in [0.15, 0.2) is 0 Å². The average Bonchev–Trinajstić information content (AvgIpc) is 2.22. The first-order valence-corrected chi connectivity index (χ1v) is 5.00. The Morgan fingerprint density at radius 1 is 1.33 bits per heavy atom. The van der Waals surface area contributed by atoms with Crippen LogP contribution in [0.2, 0.25) is 0 Å². The minimum atomic E-state index is -0.316. The quantitative estimate of drug-likeness (QED) is 0.864. The van der Waals surface area contributed by atoms with Gasteiger partial charge in [0, 0.05) is 5.56 Å². The van der Waals surface area contributed by atoms with Crippen LogP contribution in [0.3, 0.4) is 0 Å². The molecule has 76 valence electrons. The van der Waals surface area contributed by atoms with Crippen molar-refractivity contribution in [2.75, 3.05) is 5.73 Å². The third-order valence-corrected chi connectivity index (χ3v) is 2.42. The minimum Gasteiger partial charge on any atom is -0.382 e. The van der Waals surface area contributed by atoms with Crippen molar-refractivity contribution in [2.45, 2.75) is 0 Å². The van der Waals surface area contributed by atoms with E-state index < -0.39 is 0 Å². The Balaban J connectivity index is 2.58. The van der Waals surface area contributed by atoms with E-state index in [1.807, 2.05) is 0 Å². The molecule has 0 bridgehead atoms. The lowest BCUT2D eigenvalue weighted by atomic mass is 10.1. The van der Waals surface area contributed by atoms with Gasteiger partial charge in [-0.05, 0) is 28.1 Å². The molecule has 15 heavy (non-hydrogen) atoms. The van der Waals surface area contributed by atoms with Gasteiger partial charge < -0.3 is 5.73 Å². The first-order valence-electron chi connectivity index (χ1n) is 4.21. The van der Waals surface area contributed by atoms with Crippen LogP contribution in [0.1, 0.15) is 0 Å². The average molecular weight is 268 g/mol. The maximum atomic E-state index is 13.0. The second kappa shape index (κ2) is 3.94. The Kier molecular flexibility index (Phi) is 2.64. The number of nitrogen functional groups attached to an aromatic ring is 1. The number of aromatic nitrogens is 2. The fourth-order valence-corrected chi connectivity index (χ4v) is 1.63. The SMILES string of the molecule is Nc1cnc(Br)c(-c2cccc(F)c2)n1. The van der Waals surface area contributed by atoms with Crippen molar-refractivity contribution in [3.05, 3.63) is 40.9 Å². The Hall–Kier alpha value is -1.49. The van der Waals surface area contributed by atoms with Crippen LogP contribution in [0.4, 0.5) is 10.2 Å². The van der Waals surface area contributed by atoms with Crippen LogP contribution in [-0.4, -0.2) is 9.97 Å². The Labute approximate surface area is 94.3 Å². The summed E-state index contributed by atoms with van der Waals surface area (Å²) in [4.78, 5) is 8.08. The molecule has 2 N–H and O–H groups in total. The van der Waals surface area contributed by atoms with Crippen LogP contribution in [0, 0.1) is 5.82 Å². The molecule has 1 aromatic carbocycles. The lowest BCUT2D eigenvalue weighted by molar-refractivity contribution is 0.628. The van der Waals surface area contributed by atoms with Gasteiger partial charge in [0.1, 0.15) is 21.9 Å². The number of hydrogen-bond donors (Lipinski definition) is 1. The van der Waals surface area contributed by atoms with Gasteiger partial charge in [-0.1, -0.05) is 12.1 Å². The largest absolute Gasteiger partial charge is 0.382 e. The van der Waals surface area contributed by atoms with Gasteiger partial charge in [0.2, 0.25) is 0 Å². The van der Waals surface area contributed by atoms with Crippen LogP contribution in [0.25, 0.3) is 11.3 Å². The molecule has 0 radical (unpaired) electrons. The molecule has 1 aromatic heterocycles. The molecule has 2 aromatic rings. The second-order valence-corrected chi connectivity index (χ2v) is 3.70. The number of benzene rings is 1. The van der Waals surface area contributed by atoms with Gasteiger partial charge in [-0.25, -0.2) is 14.4 Å². The van der Waals surface area contributed by atoms with E-state index in [4.69, 9.17) is 5.73 Å². The summed E-state index contributed by atoms with van der Waals surface area (Å²) in [6.45, 7) is 0. The van der Waals surface area contributed by atoms with E-state index in [-0.39, 0.29) is 5.82 Å². The van der Waals surface area contributed by atoms with Crippen molar-refractivity contribution in [1.82, 2.24) is 9.97 Å². The highest BCUT2D eigenvalue weighted by molar-refractivity contribution is 9.10. The normalized spacial score (nSPS) is 10.3. The van der Waals surface area contributed by atoms with Gasteiger partial charge in [-0.3, -0.25) is 0 Å². The third kappa shape index (κ3) is 2.12. The molecule has 1 heterocycles. The van der Waals surface area contributed by atoms with Gasteiger partial charge >= 0.3 is 0 Å². The molecular formula is C10H7BrFN3. The molecule has 3 nitrogen and oxygen atoms in total. The number of hydrogen-bond acceptors (Lipinski definition) is 3. The molecule has 0 aliphatic rings. The number of nitrogens with zero attached hydrogens (tertiary/aromatic N) is 2. The molecule has 0 unspecified atom stereocenters. The first-order chi connectivity index (χ1) is 7.16. The Morgan fingerprint density at radius 2 is 2.13 bits per heavy atom. The zero-order valence-corrected chi connectivity index (χ0v) is 9.20. The second-order valence-electron chi connectivity index (χ2n) is 2.94. The van der Waals surface area contributed by atoms with Crippen molar-refractivity contribution in [2.24, 2.45) is 0 Å². The monoisotopic (exact) mass is 267 g/mol. The van der Waals surface area contributed by atoms with Crippen molar-refractivity contribution >= 4 is 21.7 Å². The third-order valence-electron chi connectivity index (χ3n) is 1.84. The summed E-state index contributed by atoms with van der Waals surface area (Å²) in [6, 6.07) is 6.12. The summed E-state index contributed by atoms with van der Waals surface area (Å²) in [7, 11) is 0. The van der Waals surface area contributed by atoms with E-state index in [0.717, 1.165) is 0 Å². The van der Waals surface area contributed by atoms with Gasteiger partial charge in [0.25, 0.3) is 0 Å². The van der Waals surface area contributed by atoms with E-state index in [1.54, 1.807) is 12.1 Å². The Bertz CT molecular complexity index is 502. The van der Waals surface area contributed by atoms with Crippen LogP contribution >= 0.6 is 15.9 Å². The summed E-state index contributed by atoms with van der Waals surface area (Å²) in [5, 5.41) is 0. The van der Waals surface area contributed by atoms with Gasteiger partial charge in [-0.15, -0.1) is 0 Å². The zero-order valence-electron chi connectivity index (χ0n) is 7.61. The summed E-state index contributed by atoms with van der Waals surface area (Å²) < 4.78 is 13.5. The topological polar surface area (TPSA) is 51.8 Å². The summed E-state index contributed by atoms with van der Waals surface area (Å²) in [5.41, 5.74) is 6.69. The van der Waals surface area contributed by atoms with E-state index in [9.17, 15) is 4.39 Å². The highest BCUT2D eigenvalue weighted by Gasteiger charge is 2.07. The van der Waals surface area contributed by atoms with Crippen LogP contribution in [0.15, 0.2) is 35.1 Å². The predicted molar refractivity (Wildman–Crippen MR) is 59.5 cm³/mol. The van der Waals surface area contributed by atoms with Crippen LogP contribution < -0.4 is 5.73 Å². The van der Waals surface area contributed by atoms with Crippen molar-refractivity contribution in [3.63, 3.8) is 0 Å². The van der Waals surface area contributed by atoms with Crippen LogP contribution in [-0.2, 0) is 0 Å². The number of nitrogens with two attached hydrogens (primary N) is 1. The van der Waals surface area contributed by atoms with E-state index in [1.165, 1.54) is 18.3 Å². The van der Waals surface area contributed by atoms with Crippen molar-refractivity contribution < 1.29 is 4.39 Å². The molecule has 0 fully saturated rings. The fraction of sp³-hybridized carbons (Fsp3) is 0. The molecule has 0 saturated carbocycles. The zero-order chi connectivity index (χ0) is 10.8. The lowest BCUT2D eigenvalue weighted by Crippen LogP contribution is -1.95. The molecular weight excluding hydrogens is 261 g/mol. The van der Waals surface area contributed by atoms with Crippen molar-refractivity contribution in [1.29, 1.82) is 0 Å². The standard InChI is InChI=1S/C10H7BrFN3/c11-10-9(15-8(13)5-14-10)6-2-1-3-7(12)4-6/h1-5H,(H2,13,15). The fourth-order valence-electron chi connectivity index (χ4n) is 1.21. The number of anilines is 1. The first kappa shape index (κ1) is 10.0. The van der Waals surface area contributed by atoms with Crippen LogP contribution in [0.5, 0.6) is 0 Å². The summed E-state index contributed by atoms with van der Waals surface area (Å²) in [5.74, 6) is -0.0129. The number of rotatable bonds is 1. The van der Waals surface area contributed by atoms with Gasteiger partial charge in [0.05, 0.1) is 6.20 Å². The number of halogens is 2. The van der Waals surface area contributed by atoms with E-state index >= 15 is 0 Å². The molecule has 0 aliphatic heterocycles. The highest BCUT2D eigenvalue weighted by atomic mass is 79.9. The predicted octanol–water partition coefficient (Wildman–Crippen LogP) is 2.63. The Morgan fingerprint density at radius 3 is 2.87 bits per heavy atom. The van der Waals surface area contributed by atoms with E-state index in [0.29, 0.717) is 21.7 Å². The molecule has 0 amide bonds. The van der Waals surface area contributed by atoms with E-state index in [2.05, 4.69) is 25.9 Å².